The van der Waals surface area contributed by atoms with Crippen LogP contribution >= 0.6 is 0 Å². The van der Waals surface area contributed by atoms with Crippen LogP contribution in [0.5, 0.6) is 0 Å². The lowest BCUT2D eigenvalue weighted by Crippen LogP contribution is -2.34. The lowest BCUT2D eigenvalue weighted by Gasteiger charge is -2.25. The lowest BCUT2D eigenvalue weighted by molar-refractivity contribution is 0.254. The first kappa shape index (κ1) is 15.0. The predicted molar refractivity (Wildman–Crippen MR) is 89.9 cm³/mol. The van der Waals surface area contributed by atoms with Crippen LogP contribution in [0.2, 0.25) is 0 Å². The van der Waals surface area contributed by atoms with Gasteiger partial charge in [-0.1, -0.05) is 30.3 Å². The van der Waals surface area contributed by atoms with Gasteiger partial charge in [0, 0.05) is 25.3 Å². The van der Waals surface area contributed by atoms with Crippen molar-refractivity contribution in [2.75, 3.05) is 18.4 Å². The predicted octanol–water partition coefficient (Wildman–Crippen LogP) is 3.17. The minimum atomic E-state index is 0.571. The van der Waals surface area contributed by atoms with Crippen LogP contribution in [-0.2, 0) is 6.54 Å². The Morgan fingerprint density at radius 1 is 1.23 bits per heavy atom. The molecule has 1 N–H and O–H groups in total. The molecule has 1 aliphatic heterocycles. The monoisotopic (exact) mass is 296 g/mol. The molecule has 1 saturated heterocycles. The molecule has 0 spiro atoms. The summed E-state index contributed by atoms with van der Waals surface area (Å²) in [5.41, 5.74) is 3.32. The van der Waals surface area contributed by atoms with Crippen LogP contribution in [0.25, 0.3) is 0 Å². The number of nitrogens with zero attached hydrogens (tertiary/aromatic N) is 3. The molecular formula is C18H24N4. The molecule has 4 nitrogen and oxygen atoms in total. The molecule has 1 aromatic carbocycles. The molecule has 22 heavy (non-hydrogen) atoms. The number of hydrogen-bond acceptors (Lipinski definition) is 4. The third-order valence-electron chi connectivity index (χ3n) is 4.31. The third-order valence-corrected chi connectivity index (χ3v) is 4.31. The zero-order valence-corrected chi connectivity index (χ0v) is 13.4. The maximum absolute atomic E-state index is 4.55. The van der Waals surface area contributed by atoms with Gasteiger partial charge in [0.05, 0.1) is 11.4 Å². The van der Waals surface area contributed by atoms with Gasteiger partial charge in [0.1, 0.15) is 5.82 Å². The summed E-state index contributed by atoms with van der Waals surface area (Å²) in [5.74, 6) is 0.923. The highest BCUT2D eigenvalue weighted by molar-refractivity contribution is 5.39. The summed E-state index contributed by atoms with van der Waals surface area (Å²) in [6.07, 6.45) is 4.34. The highest BCUT2D eigenvalue weighted by Crippen LogP contribution is 2.21. The third kappa shape index (κ3) is 3.63. The minimum absolute atomic E-state index is 0.571. The van der Waals surface area contributed by atoms with Crippen molar-refractivity contribution < 1.29 is 0 Å². The number of aryl methyl sites for hydroxylation is 2. The van der Waals surface area contributed by atoms with E-state index in [1.165, 1.54) is 24.9 Å². The molecule has 0 amide bonds. The molecule has 0 saturated carbocycles. The highest BCUT2D eigenvalue weighted by Gasteiger charge is 2.24. The fourth-order valence-corrected chi connectivity index (χ4v) is 3.07. The number of likely N-dealkylation sites (tertiary alicyclic amines) is 1. The molecule has 1 aromatic heterocycles. The van der Waals surface area contributed by atoms with Crippen molar-refractivity contribution in [3.63, 3.8) is 0 Å². The Bertz CT molecular complexity index is 612. The van der Waals surface area contributed by atoms with E-state index in [9.17, 15) is 0 Å². The van der Waals surface area contributed by atoms with E-state index in [0.717, 1.165) is 30.3 Å². The van der Waals surface area contributed by atoms with Gasteiger partial charge in [-0.15, -0.1) is 0 Å². The van der Waals surface area contributed by atoms with Crippen LogP contribution in [-0.4, -0.2) is 34.0 Å². The summed E-state index contributed by atoms with van der Waals surface area (Å²) >= 11 is 0. The topological polar surface area (TPSA) is 41.1 Å². The van der Waals surface area contributed by atoms with E-state index in [1.54, 1.807) is 0 Å². The number of aromatic nitrogens is 2. The first-order valence-electron chi connectivity index (χ1n) is 8.04. The van der Waals surface area contributed by atoms with Gasteiger partial charge >= 0.3 is 0 Å². The molecule has 2 aromatic rings. The van der Waals surface area contributed by atoms with Crippen molar-refractivity contribution in [2.45, 2.75) is 39.3 Å². The van der Waals surface area contributed by atoms with Crippen molar-refractivity contribution in [3.8, 4) is 0 Å². The standard InChI is InChI=1S/C18H24N4/c1-14-11-19-15(2)18(21-14)20-12-17-9-6-10-22(17)13-16-7-4-3-5-8-16/h3-5,7-8,11,17H,6,9-10,12-13H2,1-2H3,(H,20,21). The number of benzene rings is 1. The number of nitrogens with one attached hydrogen (secondary N) is 1. The Kier molecular flexibility index (Phi) is 4.68. The molecule has 4 heteroatoms. The average Bonchev–Trinajstić information content (AvgIpc) is 2.96. The first-order valence-corrected chi connectivity index (χ1v) is 8.04. The Hall–Kier alpha value is -1.94. The van der Waals surface area contributed by atoms with Crippen molar-refractivity contribution >= 4 is 5.82 Å². The second-order valence-corrected chi connectivity index (χ2v) is 6.08. The minimum Gasteiger partial charge on any atom is -0.367 e. The van der Waals surface area contributed by atoms with Crippen molar-refractivity contribution in [1.29, 1.82) is 0 Å². The molecule has 0 bridgehead atoms. The summed E-state index contributed by atoms with van der Waals surface area (Å²) in [4.78, 5) is 11.5. The second kappa shape index (κ2) is 6.88. The van der Waals surface area contributed by atoms with Crippen LogP contribution in [0.3, 0.4) is 0 Å². The summed E-state index contributed by atoms with van der Waals surface area (Å²) in [7, 11) is 0. The molecular weight excluding hydrogens is 272 g/mol. The van der Waals surface area contributed by atoms with E-state index in [1.807, 2.05) is 20.0 Å². The van der Waals surface area contributed by atoms with E-state index in [4.69, 9.17) is 0 Å². The van der Waals surface area contributed by atoms with Gasteiger partial charge < -0.3 is 5.32 Å². The van der Waals surface area contributed by atoms with Gasteiger partial charge in [0.2, 0.25) is 0 Å². The second-order valence-electron chi connectivity index (χ2n) is 6.08. The van der Waals surface area contributed by atoms with Gasteiger partial charge in [-0.25, -0.2) is 4.98 Å². The molecule has 3 rings (SSSR count). The number of hydrogen-bond donors (Lipinski definition) is 1. The van der Waals surface area contributed by atoms with E-state index < -0.39 is 0 Å². The number of rotatable bonds is 5. The van der Waals surface area contributed by atoms with E-state index in [2.05, 4.69) is 50.5 Å². The number of anilines is 1. The zero-order valence-electron chi connectivity index (χ0n) is 13.4. The Morgan fingerprint density at radius 3 is 2.86 bits per heavy atom. The molecule has 1 unspecified atom stereocenters. The zero-order chi connectivity index (χ0) is 15.4. The van der Waals surface area contributed by atoms with Gasteiger partial charge in [0.25, 0.3) is 0 Å². The maximum atomic E-state index is 4.55. The molecule has 0 aliphatic carbocycles. The Labute approximate surface area is 132 Å². The average molecular weight is 296 g/mol. The van der Waals surface area contributed by atoms with Gasteiger partial charge in [-0.05, 0) is 38.8 Å². The van der Waals surface area contributed by atoms with E-state index in [-0.39, 0.29) is 0 Å². The van der Waals surface area contributed by atoms with Crippen LogP contribution in [0.1, 0.15) is 29.8 Å². The van der Waals surface area contributed by atoms with Gasteiger partial charge in [0.15, 0.2) is 0 Å². The molecule has 0 radical (unpaired) electrons. The van der Waals surface area contributed by atoms with Gasteiger partial charge in [-0.2, -0.15) is 0 Å². The molecule has 1 atom stereocenters. The fraction of sp³-hybridized carbons (Fsp3) is 0.444. The summed E-state index contributed by atoms with van der Waals surface area (Å²) < 4.78 is 0. The summed E-state index contributed by atoms with van der Waals surface area (Å²) in [5, 5.41) is 3.50. The maximum Gasteiger partial charge on any atom is 0.147 e. The summed E-state index contributed by atoms with van der Waals surface area (Å²) in [6, 6.07) is 11.3. The first-order chi connectivity index (χ1) is 10.7. The lowest BCUT2D eigenvalue weighted by atomic mass is 10.2. The summed E-state index contributed by atoms with van der Waals surface area (Å²) in [6.45, 7) is 7.14. The van der Waals surface area contributed by atoms with Crippen LogP contribution in [0.15, 0.2) is 36.5 Å². The fourth-order valence-electron chi connectivity index (χ4n) is 3.07. The van der Waals surface area contributed by atoms with E-state index >= 15 is 0 Å². The van der Waals surface area contributed by atoms with Crippen LogP contribution < -0.4 is 5.32 Å². The Morgan fingerprint density at radius 2 is 2.05 bits per heavy atom. The molecule has 2 heterocycles. The van der Waals surface area contributed by atoms with Crippen molar-refractivity contribution in [2.24, 2.45) is 0 Å². The van der Waals surface area contributed by atoms with Crippen LogP contribution in [0, 0.1) is 13.8 Å². The SMILES string of the molecule is Cc1cnc(C)c(NCC2CCCN2Cc2ccccc2)n1. The smallest absolute Gasteiger partial charge is 0.147 e. The Balaban J connectivity index is 1.60. The molecule has 1 aliphatic rings. The van der Waals surface area contributed by atoms with Crippen molar-refractivity contribution in [3.05, 3.63) is 53.5 Å². The molecule has 116 valence electrons. The quantitative estimate of drug-likeness (QED) is 0.920. The van der Waals surface area contributed by atoms with E-state index in [0.29, 0.717) is 6.04 Å². The molecule has 1 fully saturated rings. The van der Waals surface area contributed by atoms with Crippen molar-refractivity contribution in [1.82, 2.24) is 14.9 Å². The highest BCUT2D eigenvalue weighted by atomic mass is 15.2. The normalized spacial score (nSPS) is 18.5. The van der Waals surface area contributed by atoms with Crippen LogP contribution in [0.4, 0.5) is 5.82 Å². The van der Waals surface area contributed by atoms with Gasteiger partial charge in [-0.3, -0.25) is 9.88 Å². The largest absolute Gasteiger partial charge is 0.367 e.